The molecule has 1 N–H and O–H groups in total. The van der Waals surface area contributed by atoms with Crippen molar-refractivity contribution >= 4 is 39.3 Å². The monoisotopic (exact) mass is 561 g/mol. The van der Waals surface area contributed by atoms with E-state index in [0.29, 0.717) is 24.7 Å². The van der Waals surface area contributed by atoms with Gasteiger partial charge in [0.1, 0.15) is 6.61 Å². The highest BCUT2D eigenvalue weighted by Crippen LogP contribution is 2.49. The Bertz CT molecular complexity index is 1280. The van der Waals surface area contributed by atoms with Crippen LogP contribution in [0.1, 0.15) is 45.6 Å². The van der Waals surface area contributed by atoms with Crippen molar-refractivity contribution in [2.45, 2.75) is 56.8 Å². The largest absolute Gasteiger partial charge is 0.335 e. The number of fused-ring (bicyclic) bond motifs is 2. The lowest BCUT2D eigenvalue weighted by atomic mass is 9.87. The van der Waals surface area contributed by atoms with Crippen molar-refractivity contribution in [2.24, 2.45) is 5.92 Å². The first-order valence-electron chi connectivity index (χ1n) is 12.6. The fourth-order valence-electron chi connectivity index (χ4n) is 4.83. The van der Waals surface area contributed by atoms with E-state index in [1.165, 1.54) is 44.3 Å². The summed E-state index contributed by atoms with van der Waals surface area (Å²) in [6.45, 7) is 7.69. The Kier molecular flexibility index (Phi) is 9.48. The van der Waals surface area contributed by atoms with E-state index in [1.807, 2.05) is 11.8 Å². The molecule has 0 radical (unpaired) electrons. The first-order chi connectivity index (χ1) is 17.7. The van der Waals surface area contributed by atoms with Crippen LogP contribution in [-0.2, 0) is 26.5 Å². The summed E-state index contributed by atoms with van der Waals surface area (Å²) in [4.78, 5) is 14.7. The fourth-order valence-corrected chi connectivity index (χ4v) is 7.97. The Morgan fingerprint density at radius 1 is 1.27 bits per heavy atom. The highest BCUT2D eigenvalue weighted by molar-refractivity contribution is 8.04. The summed E-state index contributed by atoms with van der Waals surface area (Å²) in [6, 6.07) is 6.37. The van der Waals surface area contributed by atoms with E-state index in [2.05, 4.69) is 74.3 Å². The van der Waals surface area contributed by atoms with Crippen molar-refractivity contribution in [1.82, 2.24) is 0 Å². The minimum atomic E-state index is -3.97. The lowest BCUT2D eigenvalue weighted by molar-refractivity contribution is -0.282. The van der Waals surface area contributed by atoms with Gasteiger partial charge in [0.25, 0.3) is 10.1 Å². The van der Waals surface area contributed by atoms with Gasteiger partial charge < -0.3 is 4.90 Å². The highest BCUT2D eigenvalue weighted by Gasteiger charge is 2.33. The predicted molar refractivity (Wildman–Crippen MR) is 154 cm³/mol. The molecule has 1 aromatic carbocycles. The van der Waals surface area contributed by atoms with E-state index in [0.717, 1.165) is 18.5 Å². The Balaban J connectivity index is 1.63. The van der Waals surface area contributed by atoms with Crippen molar-refractivity contribution in [3.05, 3.63) is 80.8 Å². The molecule has 0 saturated carbocycles. The summed E-state index contributed by atoms with van der Waals surface area (Å²) in [5.41, 5.74) is 5.97. The van der Waals surface area contributed by atoms with Gasteiger partial charge in [-0.3, -0.25) is 4.55 Å². The van der Waals surface area contributed by atoms with Crippen LogP contribution in [0.4, 0.5) is 5.69 Å². The van der Waals surface area contributed by atoms with E-state index < -0.39 is 10.1 Å². The van der Waals surface area contributed by atoms with Gasteiger partial charge >= 0.3 is 0 Å². The molecule has 2 atom stereocenters. The lowest BCUT2D eigenvalue weighted by Crippen LogP contribution is -2.16. The fraction of sp³-hybridized carbons (Fsp3) is 0.429. The highest BCUT2D eigenvalue weighted by atomic mass is 32.2. The molecular formula is C28H35NO5S3. The molecule has 0 amide bonds. The average molecular weight is 562 g/mol. The first-order valence-corrected chi connectivity index (χ1v) is 15.9. The average Bonchev–Trinajstić information content (AvgIpc) is 3.37. The number of hydrogen-bond donors (Lipinski definition) is 1. The summed E-state index contributed by atoms with van der Waals surface area (Å²) >= 11 is 3.63. The Hall–Kier alpha value is -1.75. The quantitative estimate of drug-likeness (QED) is 0.175. The molecule has 1 aromatic rings. The molecule has 0 aromatic heterocycles. The SMILES string of the molecule is CCC(/C=C1\Sc2ccc(COOC)cc2N1CC)=C\C1=C(CCCS(=O)(=O)O)C2C=C(C)C=CC2S1. The summed E-state index contributed by atoms with van der Waals surface area (Å²) in [7, 11) is -2.45. The molecule has 37 heavy (non-hydrogen) atoms. The molecule has 0 saturated heterocycles. The zero-order chi connectivity index (χ0) is 26.6. The van der Waals surface area contributed by atoms with Gasteiger partial charge in [-0.1, -0.05) is 48.6 Å². The maximum atomic E-state index is 11.3. The van der Waals surface area contributed by atoms with Crippen LogP contribution in [0.3, 0.4) is 0 Å². The molecule has 0 fully saturated rings. The lowest BCUT2D eigenvalue weighted by Gasteiger charge is -2.20. The minimum Gasteiger partial charge on any atom is -0.335 e. The minimum absolute atomic E-state index is 0.212. The van der Waals surface area contributed by atoms with E-state index in [9.17, 15) is 13.0 Å². The molecular weight excluding hydrogens is 527 g/mol. The van der Waals surface area contributed by atoms with Crippen molar-refractivity contribution in [1.29, 1.82) is 0 Å². The molecule has 9 heteroatoms. The predicted octanol–water partition coefficient (Wildman–Crippen LogP) is 7.04. The van der Waals surface area contributed by atoms with Gasteiger partial charge in [0, 0.05) is 27.5 Å². The normalized spacial score (nSPS) is 22.6. The van der Waals surface area contributed by atoms with E-state index in [1.54, 1.807) is 11.8 Å². The third-order valence-electron chi connectivity index (χ3n) is 6.66. The number of anilines is 1. The molecule has 0 bridgehead atoms. The molecule has 4 rings (SSSR count). The van der Waals surface area contributed by atoms with Crippen LogP contribution in [0.15, 0.2) is 80.1 Å². The molecule has 2 unspecified atom stereocenters. The Labute approximate surface area is 229 Å². The number of rotatable bonds is 11. The zero-order valence-corrected chi connectivity index (χ0v) is 24.2. The number of nitrogens with zero attached hydrogens (tertiary/aromatic N) is 1. The van der Waals surface area contributed by atoms with E-state index in [-0.39, 0.29) is 11.7 Å². The summed E-state index contributed by atoms with van der Waals surface area (Å²) in [6.07, 6.45) is 13.2. The van der Waals surface area contributed by atoms with Gasteiger partial charge in [-0.25, -0.2) is 9.78 Å². The number of benzene rings is 1. The number of hydrogen-bond acceptors (Lipinski definition) is 7. The van der Waals surface area contributed by atoms with Crippen LogP contribution in [0.25, 0.3) is 0 Å². The molecule has 2 aliphatic heterocycles. The maximum absolute atomic E-state index is 11.3. The first kappa shape index (κ1) is 28.3. The Morgan fingerprint density at radius 2 is 2.08 bits per heavy atom. The van der Waals surface area contributed by atoms with Gasteiger partial charge in [-0.15, -0.1) is 11.8 Å². The summed E-state index contributed by atoms with van der Waals surface area (Å²) in [5.74, 6) is 0.0506. The topological polar surface area (TPSA) is 76.1 Å². The molecule has 200 valence electrons. The van der Waals surface area contributed by atoms with Gasteiger partial charge in [0.2, 0.25) is 0 Å². The Morgan fingerprint density at radius 3 is 2.78 bits per heavy atom. The van der Waals surface area contributed by atoms with E-state index in [4.69, 9.17) is 9.78 Å². The molecule has 3 aliphatic rings. The van der Waals surface area contributed by atoms with Crippen molar-refractivity contribution in [3.63, 3.8) is 0 Å². The second kappa shape index (κ2) is 12.4. The molecule has 0 spiro atoms. The number of thioether (sulfide) groups is 2. The van der Waals surface area contributed by atoms with Gasteiger partial charge in [0.15, 0.2) is 0 Å². The molecule has 2 heterocycles. The van der Waals surface area contributed by atoms with Crippen LogP contribution in [0, 0.1) is 5.92 Å². The van der Waals surface area contributed by atoms with Gasteiger partial charge in [0.05, 0.1) is 23.6 Å². The van der Waals surface area contributed by atoms with Gasteiger partial charge in [-0.05, 0) is 74.1 Å². The van der Waals surface area contributed by atoms with Crippen LogP contribution >= 0.6 is 23.5 Å². The number of allylic oxidation sites excluding steroid dienone is 7. The zero-order valence-electron chi connectivity index (χ0n) is 21.8. The second-order valence-electron chi connectivity index (χ2n) is 9.29. The second-order valence-corrected chi connectivity index (χ2v) is 13.1. The van der Waals surface area contributed by atoms with Crippen molar-refractivity contribution in [2.75, 3.05) is 24.3 Å². The van der Waals surface area contributed by atoms with Crippen molar-refractivity contribution < 1.29 is 22.7 Å². The van der Waals surface area contributed by atoms with Crippen LogP contribution < -0.4 is 4.90 Å². The molecule has 1 aliphatic carbocycles. The van der Waals surface area contributed by atoms with Crippen LogP contribution in [-0.4, -0.2) is 37.6 Å². The van der Waals surface area contributed by atoms with Crippen molar-refractivity contribution in [3.8, 4) is 0 Å². The maximum Gasteiger partial charge on any atom is 0.264 e. The van der Waals surface area contributed by atoms with E-state index >= 15 is 0 Å². The summed E-state index contributed by atoms with van der Waals surface area (Å²) < 4.78 is 31.9. The summed E-state index contributed by atoms with van der Waals surface area (Å²) in [5, 5.41) is 1.52. The van der Waals surface area contributed by atoms with Crippen LogP contribution in [0.5, 0.6) is 0 Å². The third-order valence-corrected chi connectivity index (χ3v) is 9.94. The molecule has 6 nitrogen and oxygen atoms in total. The standard InChI is InChI=1S/C28H35NO5S3/c1-5-20(17-28-29(6-2)24-15-21(18-34-33-4)10-12-26(24)36-28)16-27-22(8-7-13-37(30,31)32)23-14-19(3)9-11-25(23)35-27/h9-12,14-17,23,25H,5-8,13,18H2,1-4H3,(H,30,31,32)/b20-16+,28-17-. The third kappa shape index (κ3) is 7.02. The van der Waals surface area contributed by atoms with Gasteiger partial charge in [-0.2, -0.15) is 8.42 Å². The van der Waals surface area contributed by atoms with Crippen LogP contribution in [0.2, 0.25) is 0 Å². The smallest absolute Gasteiger partial charge is 0.264 e.